The van der Waals surface area contributed by atoms with Crippen molar-refractivity contribution < 1.29 is 19.5 Å². The molecule has 2 heteroatoms. The Kier molecular flexibility index (Phi) is 9.12. The molecule has 1 rings (SSSR count). The zero-order chi connectivity index (χ0) is 5.11. The van der Waals surface area contributed by atoms with Crippen LogP contribution in [0.3, 0.4) is 0 Å². The molecule has 0 bridgehead atoms. The number of benzene rings is 1. The van der Waals surface area contributed by atoms with Crippen LogP contribution >= 0.6 is 24.0 Å². The first kappa shape index (κ1) is 12.3. The number of hydrogen-bond donors (Lipinski definition) is 0. The van der Waals surface area contributed by atoms with E-state index in [1.54, 1.807) is 0 Å². The first-order valence-corrected chi connectivity index (χ1v) is 2.32. The molecule has 1 aromatic carbocycles. The van der Waals surface area contributed by atoms with Gasteiger partial charge in [-0.2, -0.15) is 35.9 Å². The molecule has 0 spiro atoms. The van der Waals surface area contributed by atoms with E-state index >= 15 is 0 Å². The molecule has 0 aliphatic heterocycles. The van der Waals surface area contributed by atoms with Crippen molar-refractivity contribution in [1.29, 1.82) is 0 Å². The van der Waals surface area contributed by atoms with Gasteiger partial charge in [0.2, 0.25) is 0 Å². The third-order valence-electron chi connectivity index (χ3n) is 0.863. The van der Waals surface area contributed by atoms with Crippen LogP contribution in [0.5, 0.6) is 0 Å². The third-order valence-corrected chi connectivity index (χ3v) is 0.863. The zero-order valence-electron chi connectivity index (χ0n) is 5.42. The number of halogens is 1. The van der Waals surface area contributed by atoms with Crippen LogP contribution in [0, 0.1) is 13.0 Å². The standard InChI is InChI=1S/C7H7.HI.Zn/c1-7-5-3-2-4-6-7;;/h2-3,5-6H,1H3;1H;/q-1;;. The van der Waals surface area contributed by atoms with Gasteiger partial charge in [-0.1, -0.05) is 6.92 Å². The summed E-state index contributed by atoms with van der Waals surface area (Å²) in [5.41, 5.74) is 1.27. The summed E-state index contributed by atoms with van der Waals surface area (Å²) in [5.74, 6) is 0. The van der Waals surface area contributed by atoms with Crippen LogP contribution in [0.15, 0.2) is 24.3 Å². The molecule has 0 fully saturated rings. The largest absolute Gasteiger partial charge is 0.184 e. The molecule has 0 N–H and O–H groups in total. The van der Waals surface area contributed by atoms with Crippen LogP contribution in [0.1, 0.15) is 5.56 Å². The third kappa shape index (κ3) is 5.04. The molecular formula is C7H8IZn-. The molecular weight excluding hydrogens is 276 g/mol. The Morgan fingerprint density at radius 3 is 2.33 bits per heavy atom. The molecule has 0 saturated heterocycles. The molecule has 1 aromatic rings. The van der Waals surface area contributed by atoms with Crippen molar-refractivity contribution >= 4 is 24.0 Å². The Balaban J connectivity index is 0. The van der Waals surface area contributed by atoms with Crippen molar-refractivity contribution in [2.24, 2.45) is 0 Å². The number of rotatable bonds is 0. The van der Waals surface area contributed by atoms with E-state index in [0.717, 1.165) is 0 Å². The predicted octanol–water partition coefficient (Wildman–Crippen LogP) is 2.41. The van der Waals surface area contributed by atoms with Gasteiger partial charge in [0.05, 0.1) is 0 Å². The van der Waals surface area contributed by atoms with Gasteiger partial charge in [-0.25, -0.2) is 0 Å². The van der Waals surface area contributed by atoms with E-state index in [1.807, 2.05) is 18.2 Å². The van der Waals surface area contributed by atoms with Gasteiger partial charge in [0.15, 0.2) is 0 Å². The van der Waals surface area contributed by atoms with Gasteiger partial charge in [-0.15, -0.1) is 24.0 Å². The summed E-state index contributed by atoms with van der Waals surface area (Å²) in [6.07, 6.45) is 0. The molecule has 0 radical (unpaired) electrons. The van der Waals surface area contributed by atoms with Gasteiger partial charge < -0.3 is 0 Å². The minimum Gasteiger partial charge on any atom is -0.184 e. The van der Waals surface area contributed by atoms with Gasteiger partial charge in [0, 0.05) is 19.5 Å². The minimum atomic E-state index is 0. The Morgan fingerprint density at radius 2 is 2.11 bits per heavy atom. The van der Waals surface area contributed by atoms with Crippen molar-refractivity contribution in [2.75, 3.05) is 0 Å². The van der Waals surface area contributed by atoms with Crippen LogP contribution in [0.25, 0.3) is 0 Å². The molecule has 0 aromatic heterocycles. The fourth-order valence-electron chi connectivity index (χ4n) is 0.483. The van der Waals surface area contributed by atoms with E-state index in [2.05, 4.69) is 19.1 Å². The Labute approximate surface area is 85.8 Å². The van der Waals surface area contributed by atoms with Gasteiger partial charge in [-0.05, 0) is 0 Å². The molecule has 0 unspecified atom stereocenters. The van der Waals surface area contributed by atoms with E-state index in [0.29, 0.717) is 0 Å². The summed E-state index contributed by atoms with van der Waals surface area (Å²) in [5, 5.41) is 0. The molecule has 0 aliphatic carbocycles. The maximum absolute atomic E-state index is 2.96. The van der Waals surface area contributed by atoms with Crippen molar-refractivity contribution in [3.8, 4) is 0 Å². The average Bonchev–Trinajstić information content (AvgIpc) is 1.69. The SMILES string of the molecule is Cc1c[c-]ccc1.I.[Zn]. The van der Waals surface area contributed by atoms with E-state index in [4.69, 9.17) is 0 Å². The Bertz CT molecular complexity index is 139. The summed E-state index contributed by atoms with van der Waals surface area (Å²) < 4.78 is 0. The summed E-state index contributed by atoms with van der Waals surface area (Å²) in [7, 11) is 0. The van der Waals surface area contributed by atoms with Crippen molar-refractivity contribution in [3.05, 3.63) is 35.9 Å². The van der Waals surface area contributed by atoms with Crippen LogP contribution in [0.2, 0.25) is 0 Å². The van der Waals surface area contributed by atoms with Gasteiger partial charge >= 0.3 is 0 Å². The monoisotopic (exact) mass is 283 g/mol. The van der Waals surface area contributed by atoms with Gasteiger partial charge in [0.25, 0.3) is 0 Å². The second kappa shape index (κ2) is 6.69. The fourth-order valence-corrected chi connectivity index (χ4v) is 0.483. The van der Waals surface area contributed by atoms with Gasteiger partial charge in [-0.3, -0.25) is 0 Å². The minimum absolute atomic E-state index is 0. The molecule has 46 valence electrons. The maximum Gasteiger partial charge on any atom is 0 e. The maximum atomic E-state index is 2.96. The van der Waals surface area contributed by atoms with Crippen molar-refractivity contribution in [1.82, 2.24) is 0 Å². The van der Waals surface area contributed by atoms with Crippen molar-refractivity contribution in [3.63, 3.8) is 0 Å². The molecule has 9 heavy (non-hydrogen) atoms. The van der Waals surface area contributed by atoms with Crippen LogP contribution in [-0.2, 0) is 19.5 Å². The number of hydrogen-bond acceptors (Lipinski definition) is 0. The van der Waals surface area contributed by atoms with Gasteiger partial charge in [0.1, 0.15) is 0 Å². The predicted molar refractivity (Wildman–Crippen MR) is 45.4 cm³/mol. The molecule has 0 nitrogen and oxygen atoms in total. The van der Waals surface area contributed by atoms with E-state index in [-0.39, 0.29) is 43.5 Å². The molecule has 0 atom stereocenters. The second-order valence-corrected chi connectivity index (χ2v) is 1.58. The normalized spacial score (nSPS) is 6.78. The molecule has 0 heterocycles. The van der Waals surface area contributed by atoms with Crippen LogP contribution in [-0.4, -0.2) is 0 Å². The topological polar surface area (TPSA) is 0 Å². The summed E-state index contributed by atoms with van der Waals surface area (Å²) in [4.78, 5) is 0. The molecule has 0 saturated carbocycles. The van der Waals surface area contributed by atoms with E-state index in [1.165, 1.54) is 5.56 Å². The van der Waals surface area contributed by atoms with Crippen molar-refractivity contribution in [2.45, 2.75) is 6.92 Å². The summed E-state index contributed by atoms with van der Waals surface area (Å²) in [6, 6.07) is 10.8. The summed E-state index contributed by atoms with van der Waals surface area (Å²) in [6.45, 7) is 2.05. The van der Waals surface area contributed by atoms with E-state index < -0.39 is 0 Å². The first-order chi connectivity index (χ1) is 3.39. The molecule has 0 amide bonds. The Hall–Kier alpha value is 0.573. The smallest absolute Gasteiger partial charge is 0 e. The Morgan fingerprint density at radius 1 is 1.44 bits per heavy atom. The molecule has 0 aliphatic rings. The average molecular weight is 284 g/mol. The number of aryl methyl sites for hydroxylation is 1. The van der Waals surface area contributed by atoms with E-state index in [9.17, 15) is 0 Å². The zero-order valence-corrected chi connectivity index (χ0v) is 10.7. The van der Waals surface area contributed by atoms with Crippen LogP contribution in [0.4, 0.5) is 0 Å². The quantitative estimate of drug-likeness (QED) is 0.390. The second-order valence-electron chi connectivity index (χ2n) is 1.58. The fraction of sp³-hybridized carbons (Fsp3) is 0.143. The van der Waals surface area contributed by atoms with Crippen LogP contribution < -0.4 is 0 Å². The first-order valence-electron chi connectivity index (χ1n) is 2.32. The summed E-state index contributed by atoms with van der Waals surface area (Å²) >= 11 is 0.